The van der Waals surface area contributed by atoms with Crippen molar-refractivity contribution in [1.82, 2.24) is 9.78 Å². The van der Waals surface area contributed by atoms with Gasteiger partial charge in [-0.05, 0) is 0 Å². The first-order valence-electron chi connectivity index (χ1n) is 3.76. The first-order valence-corrected chi connectivity index (χ1v) is 3.76. The minimum atomic E-state index is -2.88. The normalized spacial score (nSPS) is 10.5. The molecule has 14 heavy (non-hydrogen) atoms. The molecule has 0 aliphatic carbocycles. The Balaban J connectivity index is 3.12. The van der Waals surface area contributed by atoms with Gasteiger partial charge in [-0.15, -0.1) is 6.58 Å². The van der Waals surface area contributed by atoms with Gasteiger partial charge in [0.1, 0.15) is 11.3 Å². The van der Waals surface area contributed by atoms with Crippen molar-refractivity contribution >= 4 is 5.97 Å². The molecule has 0 aliphatic heterocycles. The van der Waals surface area contributed by atoms with Gasteiger partial charge in [-0.2, -0.15) is 5.10 Å². The average Bonchev–Trinajstić information content (AvgIpc) is 2.49. The Labute approximate surface area is 78.5 Å². The third kappa shape index (κ3) is 1.95. The van der Waals surface area contributed by atoms with Gasteiger partial charge in [0.05, 0.1) is 6.54 Å². The standard InChI is InChI=1S/C8H8F2N2O2/c1-2-3-12-4-5(8(13)14)6(11-12)7(9)10/h2,4,7H,1,3H2,(H,13,14). The van der Waals surface area contributed by atoms with E-state index in [1.54, 1.807) is 0 Å². The fraction of sp³-hybridized carbons (Fsp3) is 0.250. The van der Waals surface area contributed by atoms with Crippen molar-refractivity contribution in [2.75, 3.05) is 0 Å². The van der Waals surface area contributed by atoms with Crippen molar-refractivity contribution in [2.45, 2.75) is 13.0 Å². The average molecular weight is 202 g/mol. The molecule has 1 heterocycles. The molecule has 76 valence electrons. The minimum absolute atomic E-state index is 0.201. The molecular formula is C8H8F2N2O2. The molecule has 0 unspecified atom stereocenters. The summed E-state index contributed by atoms with van der Waals surface area (Å²) in [6.07, 6.45) is -0.383. The Morgan fingerprint density at radius 2 is 2.43 bits per heavy atom. The number of carbonyl (C=O) groups is 1. The van der Waals surface area contributed by atoms with Crippen LogP contribution in [0, 0.1) is 0 Å². The Morgan fingerprint density at radius 1 is 1.79 bits per heavy atom. The van der Waals surface area contributed by atoms with Crippen molar-refractivity contribution in [3.63, 3.8) is 0 Å². The van der Waals surface area contributed by atoms with Crippen LogP contribution in [-0.2, 0) is 6.54 Å². The molecule has 0 aromatic carbocycles. The van der Waals surface area contributed by atoms with Crippen LogP contribution in [0.25, 0.3) is 0 Å². The number of nitrogens with zero attached hydrogens (tertiary/aromatic N) is 2. The summed E-state index contributed by atoms with van der Waals surface area (Å²) in [6.45, 7) is 3.59. The van der Waals surface area contributed by atoms with E-state index < -0.39 is 23.7 Å². The van der Waals surface area contributed by atoms with Gasteiger partial charge in [0.25, 0.3) is 6.43 Å². The highest BCUT2D eigenvalue weighted by atomic mass is 19.3. The number of carboxylic acid groups (broad SMARTS) is 1. The Bertz CT molecular complexity index is 360. The number of carboxylic acids is 1. The maximum atomic E-state index is 12.3. The van der Waals surface area contributed by atoms with Crippen molar-refractivity contribution in [3.8, 4) is 0 Å². The second kappa shape index (κ2) is 3.99. The van der Waals surface area contributed by atoms with Crippen molar-refractivity contribution in [2.24, 2.45) is 0 Å². The van der Waals surface area contributed by atoms with E-state index >= 15 is 0 Å². The van der Waals surface area contributed by atoms with Gasteiger partial charge in [0.2, 0.25) is 0 Å². The lowest BCUT2D eigenvalue weighted by Gasteiger charge is -1.94. The third-order valence-corrected chi connectivity index (χ3v) is 1.54. The number of alkyl halides is 2. The van der Waals surface area contributed by atoms with Crippen molar-refractivity contribution in [1.29, 1.82) is 0 Å². The number of aromatic carboxylic acids is 1. The molecule has 0 aliphatic rings. The second-order valence-electron chi connectivity index (χ2n) is 2.54. The summed E-state index contributed by atoms with van der Waals surface area (Å²) < 4.78 is 25.7. The molecule has 0 spiro atoms. The molecule has 0 saturated carbocycles. The highest BCUT2D eigenvalue weighted by Gasteiger charge is 2.22. The van der Waals surface area contributed by atoms with Gasteiger partial charge in [0, 0.05) is 6.20 Å². The molecule has 1 aromatic heterocycles. The fourth-order valence-electron chi connectivity index (χ4n) is 0.988. The number of rotatable bonds is 4. The van der Waals surface area contributed by atoms with Crippen LogP contribution in [0.4, 0.5) is 8.78 Å². The molecule has 0 amide bonds. The zero-order valence-electron chi connectivity index (χ0n) is 7.15. The van der Waals surface area contributed by atoms with Crippen molar-refractivity contribution in [3.05, 3.63) is 30.1 Å². The number of hydrogen-bond acceptors (Lipinski definition) is 2. The van der Waals surface area contributed by atoms with E-state index in [0.717, 1.165) is 10.9 Å². The summed E-state index contributed by atoms with van der Waals surface area (Å²) in [7, 11) is 0. The molecule has 0 bridgehead atoms. The molecule has 4 nitrogen and oxygen atoms in total. The lowest BCUT2D eigenvalue weighted by molar-refractivity contribution is 0.0684. The first-order chi connectivity index (χ1) is 6.56. The van der Waals surface area contributed by atoms with Crippen molar-refractivity contribution < 1.29 is 18.7 Å². The summed E-state index contributed by atoms with van der Waals surface area (Å²) in [5, 5.41) is 12.0. The SMILES string of the molecule is C=CCn1cc(C(=O)O)c(C(F)F)n1. The molecule has 1 rings (SSSR count). The zero-order chi connectivity index (χ0) is 10.7. The molecule has 0 fully saturated rings. The van der Waals surface area contributed by atoms with Gasteiger partial charge in [-0.3, -0.25) is 4.68 Å². The van der Waals surface area contributed by atoms with Crippen LogP contribution < -0.4 is 0 Å². The Kier molecular flexibility index (Phi) is 2.95. The van der Waals surface area contributed by atoms with Crippen LogP contribution in [-0.4, -0.2) is 20.9 Å². The molecule has 0 atom stereocenters. The zero-order valence-corrected chi connectivity index (χ0v) is 7.15. The quantitative estimate of drug-likeness (QED) is 0.756. The van der Waals surface area contributed by atoms with Crippen LogP contribution in [0.1, 0.15) is 22.5 Å². The highest BCUT2D eigenvalue weighted by molar-refractivity contribution is 5.88. The predicted molar refractivity (Wildman–Crippen MR) is 44.3 cm³/mol. The predicted octanol–water partition coefficient (Wildman–Crippen LogP) is 1.70. The van der Waals surface area contributed by atoms with E-state index in [4.69, 9.17) is 5.11 Å². The molecule has 1 aromatic rings. The number of halogens is 2. The van der Waals surface area contributed by atoms with E-state index in [1.807, 2.05) is 0 Å². The van der Waals surface area contributed by atoms with E-state index in [-0.39, 0.29) is 6.54 Å². The monoisotopic (exact) mass is 202 g/mol. The largest absolute Gasteiger partial charge is 0.478 e. The molecule has 0 saturated heterocycles. The summed E-state index contributed by atoms with van der Waals surface area (Å²) in [6, 6.07) is 0. The van der Waals surface area contributed by atoms with Crippen LogP contribution in [0.2, 0.25) is 0 Å². The Hall–Kier alpha value is -1.72. The first kappa shape index (κ1) is 10.4. The van der Waals surface area contributed by atoms with E-state index in [0.29, 0.717) is 0 Å². The van der Waals surface area contributed by atoms with Gasteiger partial charge in [0.15, 0.2) is 0 Å². The van der Waals surface area contributed by atoms with Gasteiger partial charge < -0.3 is 5.11 Å². The van der Waals surface area contributed by atoms with Gasteiger partial charge >= 0.3 is 5.97 Å². The summed E-state index contributed by atoms with van der Waals surface area (Å²) in [5.41, 5.74) is -1.18. The van der Waals surface area contributed by atoms with Crippen LogP contribution in [0.15, 0.2) is 18.9 Å². The van der Waals surface area contributed by atoms with E-state index in [1.165, 1.54) is 6.08 Å². The number of allylic oxidation sites excluding steroid dienone is 1. The smallest absolute Gasteiger partial charge is 0.339 e. The van der Waals surface area contributed by atoms with E-state index in [2.05, 4.69) is 11.7 Å². The number of aromatic nitrogens is 2. The lowest BCUT2D eigenvalue weighted by atomic mass is 10.2. The maximum Gasteiger partial charge on any atom is 0.339 e. The van der Waals surface area contributed by atoms with Gasteiger partial charge in [-0.25, -0.2) is 13.6 Å². The molecule has 6 heteroatoms. The van der Waals surface area contributed by atoms with Crippen LogP contribution in [0.3, 0.4) is 0 Å². The Morgan fingerprint density at radius 3 is 2.79 bits per heavy atom. The fourth-order valence-corrected chi connectivity index (χ4v) is 0.988. The summed E-state index contributed by atoms with van der Waals surface area (Å²) >= 11 is 0. The van der Waals surface area contributed by atoms with E-state index in [9.17, 15) is 13.6 Å². The van der Waals surface area contributed by atoms with Crippen LogP contribution >= 0.6 is 0 Å². The van der Waals surface area contributed by atoms with Crippen LogP contribution in [0.5, 0.6) is 0 Å². The van der Waals surface area contributed by atoms with Gasteiger partial charge in [-0.1, -0.05) is 6.08 Å². The molecular weight excluding hydrogens is 194 g/mol. The topological polar surface area (TPSA) is 55.1 Å². The molecule has 0 radical (unpaired) electrons. The third-order valence-electron chi connectivity index (χ3n) is 1.54. The summed E-state index contributed by atoms with van der Waals surface area (Å²) in [4.78, 5) is 10.5. The summed E-state index contributed by atoms with van der Waals surface area (Å²) in [5.74, 6) is -1.41. The highest BCUT2D eigenvalue weighted by Crippen LogP contribution is 2.21. The second-order valence-corrected chi connectivity index (χ2v) is 2.54. The number of hydrogen-bond donors (Lipinski definition) is 1. The minimum Gasteiger partial charge on any atom is -0.478 e. The lowest BCUT2D eigenvalue weighted by Crippen LogP contribution is -2.00. The maximum absolute atomic E-state index is 12.3. The molecule has 1 N–H and O–H groups in total.